The minimum absolute atomic E-state index is 0.0387. The molecule has 0 radical (unpaired) electrons. The average molecular weight is 348 g/mol. The Labute approximate surface area is 133 Å². The van der Waals surface area contributed by atoms with Crippen LogP contribution >= 0.6 is 15.9 Å². The molecule has 1 aromatic heterocycles. The number of halogens is 1. The normalized spacial score (nSPS) is 22.3. The molecule has 4 nitrogen and oxygen atoms in total. The molecular weight excluding hydrogens is 330 g/mol. The maximum absolute atomic E-state index is 5.98. The number of ether oxygens (including phenoxy) is 1. The van der Waals surface area contributed by atoms with Crippen molar-refractivity contribution in [3.05, 3.63) is 52.3 Å². The molecule has 5 heteroatoms. The molecule has 1 aromatic carbocycles. The zero-order valence-corrected chi connectivity index (χ0v) is 13.7. The third-order valence-corrected chi connectivity index (χ3v) is 4.31. The summed E-state index contributed by atoms with van der Waals surface area (Å²) >= 11 is 3.47. The first-order valence-electron chi connectivity index (χ1n) is 7.07. The number of hydrogen-bond donors (Lipinski definition) is 0. The van der Waals surface area contributed by atoms with Gasteiger partial charge in [0.15, 0.2) is 0 Å². The van der Waals surface area contributed by atoms with Gasteiger partial charge in [-0.05, 0) is 37.1 Å². The molecule has 1 aliphatic heterocycles. The predicted octanol–water partition coefficient (Wildman–Crippen LogP) is 3.51. The summed E-state index contributed by atoms with van der Waals surface area (Å²) < 4.78 is 7.06. The van der Waals surface area contributed by atoms with Crippen molar-refractivity contribution in [2.24, 2.45) is 0 Å². The van der Waals surface area contributed by atoms with Crippen LogP contribution in [0.2, 0.25) is 0 Å². The third kappa shape index (κ3) is 3.09. The topological polar surface area (TPSA) is 38.2 Å². The van der Waals surface area contributed by atoms with Crippen molar-refractivity contribution in [2.45, 2.75) is 26.0 Å². The molecular formula is C16H18BrN3O. The number of anilines is 1. The molecule has 2 heterocycles. The summed E-state index contributed by atoms with van der Waals surface area (Å²) in [5.74, 6) is 0.776. The highest BCUT2D eigenvalue weighted by molar-refractivity contribution is 9.10. The molecule has 1 saturated heterocycles. The second-order valence-electron chi connectivity index (χ2n) is 5.34. The summed E-state index contributed by atoms with van der Waals surface area (Å²) in [4.78, 5) is 11.1. The lowest BCUT2D eigenvalue weighted by Crippen LogP contribution is -2.46. The highest BCUT2D eigenvalue weighted by Gasteiger charge is 2.31. The molecule has 2 unspecified atom stereocenters. The van der Waals surface area contributed by atoms with E-state index in [1.54, 1.807) is 0 Å². The van der Waals surface area contributed by atoms with Gasteiger partial charge in [-0.3, -0.25) is 0 Å². The number of rotatable bonds is 2. The Kier molecular flexibility index (Phi) is 4.22. The van der Waals surface area contributed by atoms with Gasteiger partial charge in [-0.25, -0.2) is 9.97 Å². The zero-order chi connectivity index (χ0) is 14.8. The summed E-state index contributed by atoms with van der Waals surface area (Å²) in [7, 11) is 0. The van der Waals surface area contributed by atoms with E-state index >= 15 is 0 Å². The molecule has 21 heavy (non-hydrogen) atoms. The maximum Gasteiger partial charge on any atom is 0.225 e. The van der Waals surface area contributed by atoms with Gasteiger partial charge in [-0.2, -0.15) is 0 Å². The van der Waals surface area contributed by atoms with Gasteiger partial charge in [0.1, 0.15) is 6.10 Å². The molecule has 0 N–H and O–H groups in total. The standard InChI is InChI=1S/C16H18BrN3O/c1-11-9-18-16(19-10-11)20-7-8-21-15(12(20)2)13-3-5-14(17)6-4-13/h3-6,9-10,12,15H,7-8H2,1-2H3. The number of aromatic nitrogens is 2. The van der Waals surface area contributed by atoms with E-state index in [9.17, 15) is 0 Å². The van der Waals surface area contributed by atoms with E-state index in [0.29, 0.717) is 6.61 Å². The summed E-state index contributed by atoms with van der Waals surface area (Å²) in [6.07, 6.45) is 3.76. The fourth-order valence-electron chi connectivity index (χ4n) is 2.63. The summed E-state index contributed by atoms with van der Waals surface area (Å²) in [5, 5.41) is 0. The van der Waals surface area contributed by atoms with Crippen molar-refractivity contribution >= 4 is 21.9 Å². The van der Waals surface area contributed by atoms with Crippen molar-refractivity contribution in [1.82, 2.24) is 9.97 Å². The first kappa shape index (κ1) is 14.5. The van der Waals surface area contributed by atoms with Crippen LogP contribution in [0.3, 0.4) is 0 Å². The molecule has 3 rings (SSSR count). The van der Waals surface area contributed by atoms with Crippen LogP contribution in [0, 0.1) is 6.92 Å². The lowest BCUT2D eigenvalue weighted by molar-refractivity contribution is 0.0139. The maximum atomic E-state index is 5.98. The van der Waals surface area contributed by atoms with Crippen LogP contribution in [0.4, 0.5) is 5.95 Å². The SMILES string of the molecule is Cc1cnc(N2CCOC(c3ccc(Br)cc3)C2C)nc1. The van der Waals surface area contributed by atoms with Crippen LogP contribution in [-0.2, 0) is 4.74 Å². The molecule has 110 valence electrons. The average Bonchev–Trinajstić information content (AvgIpc) is 2.50. The van der Waals surface area contributed by atoms with E-state index in [1.807, 2.05) is 31.5 Å². The van der Waals surface area contributed by atoms with Crippen molar-refractivity contribution in [2.75, 3.05) is 18.1 Å². The Morgan fingerprint density at radius 3 is 2.52 bits per heavy atom. The molecule has 0 amide bonds. The minimum Gasteiger partial charge on any atom is -0.370 e. The van der Waals surface area contributed by atoms with Gasteiger partial charge in [0, 0.05) is 23.4 Å². The van der Waals surface area contributed by atoms with Gasteiger partial charge in [0.05, 0.1) is 12.6 Å². The Morgan fingerprint density at radius 1 is 1.19 bits per heavy atom. The van der Waals surface area contributed by atoms with Crippen LogP contribution in [0.25, 0.3) is 0 Å². The van der Waals surface area contributed by atoms with Crippen molar-refractivity contribution in [1.29, 1.82) is 0 Å². The summed E-state index contributed by atoms with van der Waals surface area (Å²) in [6, 6.07) is 8.50. The van der Waals surface area contributed by atoms with Gasteiger partial charge >= 0.3 is 0 Å². The lowest BCUT2D eigenvalue weighted by Gasteiger charge is -2.39. The first-order valence-corrected chi connectivity index (χ1v) is 7.87. The van der Waals surface area contributed by atoms with Gasteiger partial charge in [0.2, 0.25) is 5.95 Å². The Morgan fingerprint density at radius 2 is 1.86 bits per heavy atom. The van der Waals surface area contributed by atoms with Crippen LogP contribution in [-0.4, -0.2) is 29.2 Å². The van der Waals surface area contributed by atoms with Crippen molar-refractivity contribution in [3.8, 4) is 0 Å². The Balaban J connectivity index is 1.84. The molecule has 0 saturated carbocycles. The van der Waals surface area contributed by atoms with Gasteiger partial charge in [-0.15, -0.1) is 0 Å². The molecule has 2 aromatic rings. The summed E-state index contributed by atoms with van der Waals surface area (Å²) in [6.45, 7) is 5.66. The van der Waals surface area contributed by atoms with Gasteiger partial charge in [-0.1, -0.05) is 28.1 Å². The summed E-state index contributed by atoms with van der Waals surface area (Å²) in [5.41, 5.74) is 2.26. The highest BCUT2D eigenvalue weighted by atomic mass is 79.9. The predicted molar refractivity (Wildman–Crippen MR) is 86.4 cm³/mol. The highest BCUT2D eigenvalue weighted by Crippen LogP contribution is 2.30. The fraction of sp³-hybridized carbons (Fsp3) is 0.375. The van der Waals surface area contributed by atoms with E-state index in [-0.39, 0.29) is 12.1 Å². The Hall–Kier alpha value is -1.46. The van der Waals surface area contributed by atoms with E-state index in [1.165, 1.54) is 5.56 Å². The van der Waals surface area contributed by atoms with Crippen LogP contribution in [0.15, 0.2) is 41.1 Å². The monoisotopic (exact) mass is 347 g/mol. The number of aryl methyl sites for hydroxylation is 1. The number of nitrogens with zero attached hydrogens (tertiary/aromatic N) is 3. The number of hydrogen-bond acceptors (Lipinski definition) is 4. The molecule has 1 aliphatic rings. The Bertz CT molecular complexity index is 546. The lowest BCUT2D eigenvalue weighted by atomic mass is 10.0. The number of morpholine rings is 1. The number of benzene rings is 1. The van der Waals surface area contributed by atoms with Gasteiger partial charge < -0.3 is 9.64 Å². The van der Waals surface area contributed by atoms with Crippen LogP contribution in [0.5, 0.6) is 0 Å². The minimum atomic E-state index is 0.0387. The fourth-order valence-corrected chi connectivity index (χ4v) is 2.89. The van der Waals surface area contributed by atoms with E-state index < -0.39 is 0 Å². The van der Waals surface area contributed by atoms with Crippen molar-refractivity contribution in [3.63, 3.8) is 0 Å². The molecule has 2 atom stereocenters. The van der Waals surface area contributed by atoms with Crippen LogP contribution < -0.4 is 4.90 Å². The molecule has 0 spiro atoms. The third-order valence-electron chi connectivity index (χ3n) is 3.78. The molecule has 0 aliphatic carbocycles. The van der Waals surface area contributed by atoms with Crippen LogP contribution in [0.1, 0.15) is 24.2 Å². The van der Waals surface area contributed by atoms with E-state index in [4.69, 9.17) is 4.74 Å². The largest absolute Gasteiger partial charge is 0.370 e. The van der Waals surface area contributed by atoms with E-state index in [2.05, 4.69) is 49.9 Å². The first-order chi connectivity index (χ1) is 10.1. The smallest absolute Gasteiger partial charge is 0.225 e. The quantitative estimate of drug-likeness (QED) is 0.833. The van der Waals surface area contributed by atoms with E-state index in [0.717, 1.165) is 22.5 Å². The van der Waals surface area contributed by atoms with Crippen molar-refractivity contribution < 1.29 is 4.74 Å². The van der Waals surface area contributed by atoms with Gasteiger partial charge in [0.25, 0.3) is 0 Å². The molecule has 1 fully saturated rings. The second-order valence-corrected chi connectivity index (χ2v) is 6.25. The second kappa shape index (κ2) is 6.12. The molecule has 0 bridgehead atoms. The zero-order valence-electron chi connectivity index (χ0n) is 12.2.